The number of benzene rings is 2. The summed E-state index contributed by atoms with van der Waals surface area (Å²) in [4.78, 5) is 16.6. The number of aryl methyl sites for hydroxylation is 1. The van der Waals surface area contributed by atoms with E-state index in [9.17, 15) is 4.79 Å². The number of carbonyl (C=O) groups excluding carboxylic acids is 1. The molecule has 0 saturated heterocycles. The van der Waals surface area contributed by atoms with E-state index in [1.54, 1.807) is 6.08 Å². The Morgan fingerprint density at radius 3 is 2.95 bits per heavy atom. The molecule has 1 aliphatic rings. The molecule has 0 spiro atoms. The molecule has 90 valence electrons. The lowest BCUT2D eigenvalue weighted by Gasteiger charge is -2.11. The van der Waals surface area contributed by atoms with Crippen molar-refractivity contribution in [1.29, 1.82) is 0 Å². The molecule has 4 rings (SSSR count). The number of fused-ring (bicyclic) bond motifs is 2. The number of pyridine rings is 1. The number of hydrogen-bond acceptors (Lipinski definition) is 2. The number of hydrogen-bond donors (Lipinski definition) is 0. The van der Waals surface area contributed by atoms with Gasteiger partial charge in [-0.3, -0.25) is 9.78 Å². The van der Waals surface area contributed by atoms with Crippen LogP contribution in [-0.4, -0.2) is 10.8 Å². The smallest absolute Gasteiger partial charge is 0.186 e. The zero-order valence-electron chi connectivity index (χ0n) is 10.5. The van der Waals surface area contributed by atoms with Crippen molar-refractivity contribution in [3.8, 4) is 0 Å². The van der Waals surface area contributed by atoms with Gasteiger partial charge in [0.15, 0.2) is 5.78 Å². The van der Waals surface area contributed by atoms with E-state index >= 15 is 0 Å². The van der Waals surface area contributed by atoms with Crippen molar-refractivity contribution < 1.29 is 4.79 Å². The maximum atomic E-state index is 12.0. The zero-order valence-corrected chi connectivity index (χ0v) is 10.5. The first-order chi connectivity index (χ1) is 9.24. The van der Waals surface area contributed by atoms with E-state index in [0.717, 1.165) is 38.2 Å². The molecule has 0 saturated carbocycles. The first kappa shape index (κ1) is 10.4. The molecule has 3 aromatic rings. The predicted octanol–water partition coefficient (Wildman–Crippen LogP) is 2.95. The third-order valence-electron chi connectivity index (χ3n) is 3.65. The molecule has 0 N–H and O–H groups in total. The van der Waals surface area contributed by atoms with Crippen LogP contribution in [0, 0.1) is 6.92 Å². The summed E-state index contributed by atoms with van der Waals surface area (Å²) < 4.78 is 0. The molecule has 0 radical (unpaired) electrons. The van der Waals surface area contributed by atoms with E-state index in [1.165, 1.54) is 0 Å². The van der Waals surface area contributed by atoms with E-state index in [4.69, 9.17) is 0 Å². The summed E-state index contributed by atoms with van der Waals surface area (Å²) in [5.41, 5.74) is 2.75. The highest BCUT2D eigenvalue weighted by Gasteiger charge is 2.14. The minimum Gasteiger partial charge on any atom is -0.289 e. The third-order valence-corrected chi connectivity index (χ3v) is 3.65. The van der Waals surface area contributed by atoms with Gasteiger partial charge in [0.1, 0.15) is 0 Å². The summed E-state index contributed by atoms with van der Waals surface area (Å²) in [6.07, 6.45) is 5.45. The second kappa shape index (κ2) is 3.51. The highest BCUT2D eigenvalue weighted by Crippen LogP contribution is 2.25. The average molecular weight is 245 g/mol. The fraction of sp³-hybridized carbons (Fsp3) is 0.0588. The Bertz CT molecular complexity index is 935. The number of carbonyl (C=O) groups is 1. The van der Waals surface area contributed by atoms with Gasteiger partial charge in [0.25, 0.3) is 0 Å². The molecule has 0 atom stereocenters. The van der Waals surface area contributed by atoms with Gasteiger partial charge in [0, 0.05) is 16.6 Å². The highest BCUT2D eigenvalue weighted by molar-refractivity contribution is 6.16. The fourth-order valence-corrected chi connectivity index (χ4v) is 2.86. The Morgan fingerprint density at radius 2 is 2.05 bits per heavy atom. The monoisotopic (exact) mass is 245 g/mol. The molecule has 19 heavy (non-hydrogen) atoms. The topological polar surface area (TPSA) is 30.0 Å². The summed E-state index contributed by atoms with van der Waals surface area (Å²) >= 11 is 0. The summed E-state index contributed by atoms with van der Waals surface area (Å²) in [6.45, 7) is 1.99. The van der Waals surface area contributed by atoms with Gasteiger partial charge in [-0.25, -0.2) is 0 Å². The number of ketones is 1. The molecule has 0 fully saturated rings. The van der Waals surface area contributed by atoms with Gasteiger partial charge in [-0.1, -0.05) is 24.3 Å². The summed E-state index contributed by atoms with van der Waals surface area (Å²) in [5.74, 6) is 0.0784. The quantitative estimate of drug-likeness (QED) is 0.609. The van der Waals surface area contributed by atoms with Gasteiger partial charge in [-0.05, 0) is 47.2 Å². The van der Waals surface area contributed by atoms with Crippen LogP contribution in [-0.2, 0) is 0 Å². The van der Waals surface area contributed by atoms with Crippen LogP contribution >= 0.6 is 0 Å². The van der Waals surface area contributed by atoms with E-state index in [2.05, 4.69) is 11.1 Å². The van der Waals surface area contributed by atoms with E-state index < -0.39 is 0 Å². The minimum atomic E-state index is 0.0784. The van der Waals surface area contributed by atoms with Crippen LogP contribution in [0.25, 0.3) is 27.8 Å². The van der Waals surface area contributed by atoms with E-state index in [-0.39, 0.29) is 5.78 Å². The van der Waals surface area contributed by atoms with Crippen LogP contribution < -0.4 is 5.22 Å². The van der Waals surface area contributed by atoms with Crippen molar-refractivity contribution in [3.05, 3.63) is 59.0 Å². The second-order valence-electron chi connectivity index (χ2n) is 4.91. The van der Waals surface area contributed by atoms with Gasteiger partial charge in [0.2, 0.25) is 0 Å². The number of allylic oxidation sites excluding steroid dienone is 2. The normalized spacial score (nSPS) is 13.8. The first-order valence-electron chi connectivity index (χ1n) is 6.29. The van der Waals surface area contributed by atoms with Crippen molar-refractivity contribution in [2.45, 2.75) is 6.92 Å². The SMILES string of the molecule is Cc1cc2c3c(cc4cccc(n1)c42)C(=O)C=CC=3. The van der Waals surface area contributed by atoms with Crippen LogP contribution in [0.3, 0.4) is 0 Å². The average Bonchev–Trinajstić information content (AvgIpc) is 2.40. The van der Waals surface area contributed by atoms with Crippen LogP contribution in [0.2, 0.25) is 0 Å². The summed E-state index contributed by atoms with van der Waals surface area (Å²) in [7, 11) is 0. The van der Waals surface area contributed by atoms with Gasteiger partial charge in [-0.2, -0.15) is 0 Å². The molecule has 2 nitrogen and oxygen atoms in total. The minimum absolute atomic E-state index is 0.0784. The molecule has 1 aliphatic carbocycles. The fourth-order valence-electron chi connectivity index (χ4n) is 2.86. The lowest BCUT2D eigenvalue weighted by atomic mass is 9.93. The first-order valence-corrected chi connectivity index (χ1v) is 6.29. The Balaban J connectivity index is 2.38. The molecule has 0 unspecified atom stereocenters. The van der Waals surface area contributed by atoms with Gasteiger partial charge in [0.05, 0.1) is 5.52 Å². The van der Waals surface area contributed by atoms with Crippen molar-refractivity contribution in [2.75, 3.05) is 0 Å². The van der Waals surface area contributed by atoms with Gasteiger partial charge < -0.3 is 0 Å². The van der Waals surface area contributed by atoms with Crippen LogP contribution in [0.4, 0.5) is 0 Å². The maximum Gasteiger partial charge on any atom is 0.186 e. The third kappa shape index (κ3) is 1.37. The molecular formula is C17H11NO. The van der Waals surface area contributed by atoms with E-state index in [0.29, 0.717) is 0 Å². The van der Waals surface area contributed by atoms with Crippen molar-refractivity contribution in [3.63, 3.8) is 0 Å². The highest BCUT2D eigenvalue weighted by atomic mass is 16.1. The maximum absolute atomic E-state index is 12.0. The second-order valence-corrected chi connectivity index (χ2v) is 4.91. The lowest BCUT2D eigenvalue weighted by Crippen LogP contribution is -2.17. The van der Waals surface area contributed by atoms with Crippen molar-refractivity contribution in [1.82, 2.24) is 4.98 Å². The predicted molar refractivity (Wildman–Crippen MR) is 77.1 cm³/mol. The molecule has 2 heteroatoms. The zero-order chi connectivity index (χ0) is 13.0. The Kier molecular flexibility index (Phi) is 1.93. The number of aromatic nitrogens is 1. The molecule has 1 heterocycles. The number of nitrogens with zero attached hydrogens (tertiary/aromatic N) is 1. The number of rotatable bonds is 0. The van der Waals surface area contributed by atoms with Crippen molar-refractivity contribution in [2.24, 2.45) is 0 Å². The summed E-state index contributed by atoms with van der Waals surface area (Å²) in [6, 6.07) is 10.1. The lowest BCUT2D eigenvalue weighted by molar-refractivity contribution is 0.104. The molecular weight excluding hydrogens is 234 g/mol. The van der Waals surface area contributed by atoms with Gasteiger partial charge in [-0.15, -0.1) is 0 Å². The van der Waals surface area contributed by atoms with Gasteiger partial charge >= 0.3 is 0 Å². The van der Waals surface area contributed by atoms with E-state index in [1.807, 2.05) is 43.3 Å². The largest absolute Gasteiger partial charge is 0.289 e. The molecule has 1 aromatic heterocycles. The Hall–Kier alpha value is -2.48. The van der Waals surface area contributed by atoms with Crippen molar-refractivity contribution >= 4 is 33.5 Å². The molecule has 0 bridgehead atoms. The van der Waals surface area contributed by atoms with Crippen LogP contribution in [0.1, 0.15) is 16.1 Å². The summed E-state index contributed by atoms with van der Waals surface area (Å²) in [5, 5.41) is 4.36. The Morgan fingerprint density at radius 1 is 1.16 bits per heavy atom. The molecule has 0 amide bonds. The van der Waals surface area contributed by atoms with Crippen LogP contribution in [0.15, 0.2) is 42.5 Å². The molecule has 2 aromatic carbocycles. The Labute approximate surface area is 110 Å². The molecule has 0 aliphatic heterocycles. The van der Waals surface area contributed by atoms with Crippen LogP contribution in [0.5, 0.6) is 0 Å². The standard InChI is InChI=1S/C17H11NO/c1-10-8-14-12-5-3-7-16(19)13(12)9-11-4-2-6-15(18-10)17(11)14/h2-9H,1H3.